The Morgan fingerprint density at radius 1 is 1.33 bits per heavy atom. The Bertz CT molecular complexity index is 408. The predicted octanol–water partition coefficient (Wildman–Crippen LogP) is 2.76. The van der Waals surface area contributed by atoms with Crippen molar-refractivity contribution in [1.29, 1.82) is 0 Å². The third-order valence-corrected chi connectivity index (χ3v) is 4.30. The van der Waals surface area contributed by atoms with Crippen LogP contribution in [0.5, 0.6) is 0 Å². The summed E-state index contributed by atoms with van der Waals surface area (Å²) < 4.78 is 0. The molecule has 98 valence electrons. The van der Waals surface area contributed by atoms with E-state index in [0.29, 0.717) is 23.3 Å². The monoisotopic (exact) mass is 284 g/mol. The summed E-state index contributed by atoms with van der Waals surface area (Å²) in [6.45, 7) is 0.348. The maximum Gasteiger partial charge on any atom is 0.238 e. The van der Waals surface area contributed by atoms with Gasteiger partial charge >= 0.3 is 0 Å². The molecule has 3 nitrogen and oxygen atoms in total. The lowest BCUT2D eigenvalue weighted by Gasteiger charge is -2.22. The van der Waals surface area contributed by atoms with E-state index in [2.05, 4.69) is 10.6 Å². The Balaban J connectivity index is 1.76. The molecule has 1 aliphatic heterocycles. The molecule has 2 rings (SSSR count). The summed E-state index contributed by atoms with van der Waals surface area (Å²) in [5.74, 6) is 2.33. The largest absolute Gasteiger partial charge is 0.324 e. The molecule has 1 fully saturated rings. The SMILES string of the molecule is O=C(CNC1CCSCC1)Nc1ccccc1Cl. The molecular weight excluding hydrogens is 268 g/mol. The average Bonchev–Trinajstić information content (AvgIpc) is 2.40. The van der Waals surface area contributed by atoms with Gasteiger partial charge in [0.15, 0.2) is 0 Å². The Hall–Kier alpha value is -0.710. The van der Waals surface area contributed by atoms with Crippen molar-refractivity contribution in [2.45, 2.75) is 18.9 Å². The molecule has 0 bridgehead atoms. The van der Waals surface area contributed by atoms with E-state index in [1.165, 1.54) is 11.5 Å². The number of anilines is 1. The molecule has 1 aromatic rings. The molecule has 0 aromatic heterocycles. The van der Waals surface area contributed by atoms with Crippen molar-refractivity contribution in [2.75, 3.05) is 23.4 Å². The lowest BCUT2D eigenvalue weighted by Crippen LogP contribution is -2.38. The van der Waals surface area contributed by atoms with Gasteiger partial charge in [0.05, 0.1) is 17.3 Å². The molecule has 5 heteroatoms. The number of carbonyl (C=O) groups excluding carboxylic acids is 1. The van der Waals surface area contributed by atoms with E-state index in [-0.39, 0.29) is 5.91 Å². The number of halogens is 1. The summed E-state index contributed by atoms with van der Waals surface area (Å²) in [7, 11) is 0. The number of benzene rings is 1. The molecule has 1 aliphatic rings. The zero-order valence-electron chi connectivity index (χ0n) is 10.1. The highest BCUT2D eigenvalue weighted by molar-refractivity contribution is 7.99. The van der Waals surface area contributed by atoms with E-state index in [0.717, 1.165) is 12.8 Å². The molecule has 1 amide bonds. The highest BCUT2D eigenvalue weighted by atomic mass is 35.5. The van der Waals surface area contributed by atoms with E-state index < -0.39 is 0 Å². The fraction of sp³-hybridized carbons (Fsp3) is 0.462. The predicted molar refractivity (Wildman–Crippen MR) is 78.4 cm³/mol. The first-order chi connectivity index (χ1) is 8.75. The van der Waals surface area contributed by atoms with Crippen LogP contribution in [0.1, 0.15) is 12.8 Å². The van der Waals surface area contributed by atoms with Gasteiger partial charge in [-0.05, 0) is 36.5 Å². The van der Waals surface area contributed by atoms with Gasteiger partial charge in [-0.3, -0.25) is 4.79 Å². The first kappa shape index (κ1) is 13.7. The van der Waals surface area contributed by atoms with Gasteiger partial charge in [-0.25, -0.2) is 0 Å². The fourth-order valence-corrected chi connectivity index (χ4v) is 3.19. The summed E-state index contributed by atoms with van der Waals surface area (Å²) >= 11 is 7.96. The lowest BCUT2D eigenvalue weighted by molar-refractivity contribution is -0.115. The number of hydrogen-bond acceptors (Lipinski definition) is 3. The number of nitrogens with one attached hydrogen (secondary N) is 2. The number of carbonyl (C=O) groups is 1. The van der Waals surface area contributed by atoms with Crippen LogP contribution in [0, 0.1) is 0 Å². The van der Waals surface area contributed by atoms with Crippen molar-refractivity contribution in [2.24, 2.45) is 0 Å². The van der Waals surface area contributed by atoms with Crippen molar-refractivity contribution in [1.82, 2.24) is 5.32 Å². The van der Waals surface area contributed by atoms with Crippen LogP contribution < -0.4 is 10.6 Å². The average molecular weight is 285 g/mol. The van der Waals surface area contributed by atoms with E-state index in [4.69, 9.17) is 11.6 Å². The van der Waals surface area contributed by atoms with Crippen LogP contribution in [0.15, 0.2) is 24.3 Å². The van der Waals surface area contributed by atoms with Crippen LogP contribution in [0.3, 0.4) is 0 Å². The first-order valence-electron chi connectivity index (χ1n) is 6.11. The molecule has 1 aromatic carbocycles. The van der Waals surface area contributed by atoms with Crippen LogP contribution in [-0.4, -0.2) is 30.0 Å². The van der Waals surface area contributed by atoms with Crippen LogP contribution >= 0.6 is 23.4 Å². The van der Waals surface area contributed by atoms with Gasteiger partial charge in [-0.1, -0.05) is 23.7 Å². The summed E-state index contributed by atoms with van der Waals surface area (Å²) in [5, 5.41) is 6.67. The summed E-state index contributed by atoms with van der Waals surface area (Å²) in [4.78, 5) is 11.8. The lowest BCUT2D eigenvalue weighted by atomic mass is 10.1. The highest BCUT2D eigenvalue weighted by Gasteiger charge is 2.14. The quantitative estimate of drug-likeness (QED) is 0.893. The Morgan fingerprint density at radius 3 is 2.78 bits per heavy atom. The third kappa shape index (κ3) is 4.19. The van der Waals surface area contributed by atoms with Crippen molar-refractivity contribution >= 4 is 35.0 Å². The van der Waals surface area contributed by atoms with E-state index >= 15 is 0 Å². The number of rotatable bonds is 4. The van der Waals surface area contributed by atoms with Gasteiger partial charge < -0.3 is 10.6 Å². The number of thioether (sulfide) groups is 1. The molecule has 1 saturated heterocycles. The van der Waals surface area contributed by atoms with Gasteiger partial charge in [0, 0.05) is 6.04 Å². The topological polar surface area (TPSA) is 41.1 Å². The van der Waals surface area contributed by atoms with Crippen molar-refractivity contribution in [3.05, 3.63) is 29.3 Å². The Kier molecular flexibility index (Phi) is 5.35. The molecule has 18 heavy (non-hydrogen) atoms. The summed E-state index contributed by atoms with van der Waals surface area (Å²) in [6, 6.07) is 7.74. The van der Waals surface area contributed by atoms with E-state index in [9.17, 15) is 4.79 Å². The normalized spacial score (nSPS) is 16.5. The molecular formula is C13H17ClN2OS. The second kappa shape index (κ2) is 7.02. The van der Waals surface area contributed by atoms with Crippen molar-refractivity contribution in [3.63, 3.8) is 0 Å². The van der Waals surface area contributed by atoms with Crippen LogP contribution in [-0.2, 0) is 4.79 Å². The van der Waals surface area contributed by atoms with Crippen LogP contribution in [0.2, 0.25) is 5.02 Å². The molecule has 0 saturated carbocycles. The second-order valence-corrected chi connectivity index (χ2v) is 5.93. The van der Waals surface area contributed by atoms with Crippen molar-refractivity contribution in [3.8, 4) is 0 Å². The molecule has 0 aliphatic carbocycles. The standard InChI is InChI=1S/C13H17ClN2OS/c14-11-3-1-2-4-12(11)16-13(17)9-15-10-5-7-18-8-6-10/h1-4,10,15H,5-9H2,(H,16,17). The Morgan fingerprint density at radius 2 is 2.06 bits per heavy atom. The molecule has 2 N–H and O–H groups in total. The zero-order valence-corrected chi connectivity index (χ0v) is 11.7. The van der Waals surface area contributed by atoms with E-state index in [1.807, 2.05) is 23.9 Å². The summed E-state index contributed by atoms with van der Waals surface area (Å²) in [5.41, 5.74) is 0.671. The molecule has 0 atom stereocenters. The third-order valence-electron chi connectivity index (χ3n) is 2.92. The molecule has 0 unspecified atom stereocenters. The minimum Gasteiger partial charge on any atom is -0.324 e. The van der Waals surface area contributed by atoms with Gasteiger partial charge in [0.25, 0.3) is 0 Å². The highest BCUT2D eigenvalue weighted by Crippen LogP contribution is 2.20. The number of amides is 1. The number of para-hydroxylation sites is 1. The van der Waals surface area contributed by atoms with Crippen LogP contribution in [0.25, 0.3) is 0 Å². The Labute approximate surface area is 117 Å². The second-order valence-electron chi connectivity index (χ2n) is 4.30. The first-order valence-corrected chi connectivity index (χ1v) is 7.64. The van der Waals surface area contributed by atoms with Crippen molar-refractivity contribution < 1.29 is 4.79 Å². The smallest absolute Gasteiger partial charge is 0.238 e. The zero-order chi connectivity index (χ0) is 12.8. The fourth-order valence-electron chi connectivity index (χ4n) is 1.90. The molecule has 1 heterocycles. The van der Waals surface area contributed by atoms with Gasteiger partial charge in [0.2, 0.25) is 5.91 Å². The molecule has 0 spiro atoms. The van der Waals surface area contributed by atoms with Gasteiger partial charge in [0.1, 0.15) is 0 Å². The summed E-state index contributed by atoms with van der Waals surface area (Å²) in [6.07, 6.45) is 2.29. The van der Waals surface area contributed by atoms with Gasteiger partial charge in [-0.15, -0.1) is 0 Å². The number of hydrogen-bond donors (Lipinski definition) is 2. The van der Waals surface area contributed by atoms with Crippen LogP contribution in [0.4, 0.5) is 5.69 Å². The van der Waals surface area contributed by atoms with Gasteiger partial charge in [-0.2, -0.15) is 11.8 Å². The minimum absolute atomic E-state index is 0.0404. The van der Waals surface area contributed by atoms with E-state index in [1.54, 1.807) is 12.1 Å². The maximum absolute atomic E-state index is 11.8. The maximum atomic E-state index is 11.8. The molecule has 0 radical (unpaired) electrons. The minimum atomic E-state index is -0.0404.